The fourth-order valence-electron chi connectivity index (χ4n) is 3.55. The van der Waals surface area contributed by atoms with Crippen molar-refractivity contribution in [3.8, 4) is 0 Å². The third-order valence-electron chi connectivity index (χ3n) is 4.94. The Kier molecular flexibility index (Phi) is 6.26. The number of esters is 1. The Balaban J connectivity index is 1.70. The van der Waals surface area contributed by atoms with Crippen molar-refractivity contribution < 1.29 is 9.53 Å². The summed E-state index contributed by atoms with van der Waals surface area (Å²) in [5.74, 6) is 0.293. The molecule has 0 aliphatic carbocycles. The van der Waals surface area contributed by atoms with Crippen LogP contribution < -0.4 is 15.9 Å². The minimum Gasteiger partial charge on any atom is -0.462 e. The molecule has 1 N–H and O–H groups in total. The average molecular weight is 417 g/mol. The lowest BCUT2D eigenvalue weighted by Gasteiger charge is -2.26. The molecule has 0 radical (unpaired) electrons. The molecule has 0 atom stereocenters. The lowest BCUT2D eigenvalue weighted by molar-refractivity contribution is -0.140. The van der Waals surface area contributed by atoms with E-state index in [-0.39, 0.29) is 18.7 Å². The second-order valence-electron chi connectivity index (χ2n) is 6.77. The molecule has 3 aromatic carbocycles. The summed E-state index contributed by atoms with van der Waals surface area (Å²) in [5, 5.41) is 17.2. The monoisotopic (exact) mass is 417 g/mol. The van der Waals surface area contributed by atoms with Crippen LogP contribution in [0.15, 0.2) is 91.0 Å². The summed E-state index contributed by atoms with van der Waals surface area (Å²) in [4.78, 5) is 13.0. The van der Waals surface area contributed by atoms with Gasteiger partial charge in [0.05, 0.1) is 6.61 Å². The number of aromatic amines is 1. The third kappa shape index (κ3) is 4.29. The fraction of sp³-hybridized carbons (Fsp3) is 0.130. The molecule has 1 aromatic heterocycles. The molecular formula is C23H22N4O2P+. The normalized spacial score (nSPS) is 11.2. The average Bonchev–Trinajstić information content (AvgIpc) is 3.33. The zero-order valence-electron chi connectivity index (χ0n) is 16.4. The van der Waals surface area contributed by atoms with Crippen LogP contribution in [-0.2, 0) is 16.0 Å². The molecule has 0 aliphatic heterocycles. The van der Waals surface area contributed by atoms with Crippen molar-refractivity contribution in [2.75, 3.05) is 12.8 Å². The van der Waals surface area contributed by atoms with Gasteiger partial charge in [-0.25, -0.2) is 4.79 Å². The van der Waals surface area contributed by atoms with Crippen molar-refractivity contribution in [1.82, 2.24) is 20.6 Å². The first-order valence-electron chi connectivity index (χ1n) is 9.72. The van der Waals surface area contributed by atoms with Crippen molar-refractivity contribution in [2.24, 2.45) is 0 Å². The van der Waals surface area contributed by atoms with E-state index >= 15 is 0 Å². The van der Waals surface area contributed by atoms with Gasteiger partial charge < -0.3 is 4.74 Å². The Hall–Kier alpha value is -3.37. The predicted molar refractivity (Wildman–Crippen MR) is 119 cm³/mol. The van der Waals surface area contributed by atoms with Crippen LogP contribution in [0.2, 0.25) is 0 Å². The van der Waals surface area contributed by atoms with Crippen molar-refractivity contribution in [3.63, 3.8) is 0 Å². The van der Waals surface area contributed by atoms with Crippen molar-refractivity contribution in [2.45, 2.75) is 6.42 Å². The molecule has 0 saturated heterocycles. The highest BCUT2D eigenvalue weighted by Gasteiger charge is 2.47. The molecule has 0 amide bonds. The molecule has 0 aliphatic rings. The third-order valence-corrected chi connectivity index (χ3v) is 9.21. The molecule has 0 unspecified atom stereocenters. The van der Waals surface area contributed by atoms with Gasteiger partial charge in [-0.1, -0.05) is 59.8 Å². The number of rotatable bonds is 8. The van der Waals surface area contributed by atoms with Crippen molar-refractivity contribution >= 4 is 29.1 Å². The Morgan fingerprint density at radius 2 is 1.30 bits per heavy atom. The fourth-order valence-corrected chi connectivity index (χ4v) is 7.52. The zero-order chi connectivity index (χ0) is 20.7. The number of H-pyrrole nitrogens is 1. The standard InChI is InChI=1S/C23H22N4O2P/c28-23(29-17-16-22-24-26-27-25-22)18-30(19-10-4-1-5-11-19,20-12-6-2-7-13-20)21-14-8-3-9-15-21/h1-15H,16-18H2,(H,24,25,26,27)/q+1. The van der Waals surface area contributed by atoms with Gasteiger partial charge >= 0.3 is 5.97 Å². The number of carbonyl (C=O) groups is 1. The highest BCUT2D eigenvalue weighted by atomic mass is 31.2. The van der Waals surface area contributed by atoms with Crippen LogP contribution in [0.5, 0.6) is 0 Å². The molecule has 0 spiro atoms. The van der Waals surface area contributed by atoms with E-state index in [4.69, 9.17) is 4.74 Å². The first-order chi connectivity index (χ1) is 14.8. The SMILES string of the molecule is O=C(C[P+](c1ccccc1)(c1ccccc1)c1ccccc1)OCCc1nn[nH]n1. The summed E-state index contributed by atoms with van der Waals surface area (Å²) in [6, 6.07) is 30.8. The Morgan fingerprint density at radius 3 is 1.73 bits per heavy atom. The van der Waals surface area contributed by atoms with Crippen LogP contribution >= 0.6 is 7.26 Å². The number of tetrazole rings is 1. The minimum atomic E-state index is -2.23. The summed E-state index contributed by atoms with van der Waals surface area (Å²) in [7, 11) is -2.23. The maximum atomic E-state index is 13.0. The Bertz CT molecular complexity index is 962. The summed E-state index contributed by atoms with van der Waals surface area (Å²) >= 11 is 0. The number of nitrogens with zero attached hydrogens (tertiary/aromatic N) is 3. The van der Waals surface area contributed by atoms with E-state index in [0.29, 0.717) is 12.2 Å². The molecule has 7 heteroatoms. The maximum absolute atomic E-state index is 13.0. The van der Waals surface area contributed by atoms with Gasteiger partial charge in [0, 0.05) is 6.42 Å². The van der Waals surface area contributed by atoms with Crippen LogP contribution in [0.25, 0.3) is 0 Å². The second-order valence-corrected chi connectivity index (χ2v) is 10.3. The number of nitrogens with one attached hydrogen (secondary N) is 1. The largest absolute Gasteiger partial charge is 0.462 e. The van der Waals surface area contributed by atoms with E-state index in [9.17, 15) is 4.79 Å². The predicted octanol–water partition coefficient (Wildman–Crippen LogP) is 2.28. The van der Waals surface area contributed by atoms with Gasteiger partial charge in [0.2, 0.25) is 0 Å². The van der Waals surface area contributed by atoms with Gasteiger partial charge in [0.1, 0.15) is 23.2 Å². The van der Waals surface area contributed by atoms with Gasteiger partial charge in [0.25, 0.3) is 0 Å². The van der Waals surface area contributed by atoms with E-state index in [0.717, 1.165) is 15.9 Å². The van der Waals surface area contributed by atoms with Crippen molar-refractivity contribution in [1.29, 1.82) is 0 Å². The summed E-state index contributed by atoms with van der Waals surface area (Å²) in [6.45, 7) is 0.219. The molecular weight excluding hydrogens is 395 g/mol. The lowest BCUT2D eigenvalue weighted by Crippen LogP contribution is -2.36. The molecule has 0 saturated carbocycles. The molecule has 1 heterocycles. The van der Waals surface area contributed by atoms with Gasteiger partial charge in [-0.3, -0.25) is 0 Å². The number of benzene rings is 3. The first kappa shape index (κ1) is 19.9. The quantitative estimate of drug-likeness (QED) is 0.351. The first-order valence-corrected chi connectivity index (χ1v) is 11.7. The summed E-state index contributed by atoms with van der Waals surface area (Å²) in [6.07, 6.45) is 0.715. The van der Waals surface area contributed by atoms with E-state index in [1.54, 1.807) is 0 Å². The number of aromatic nitrogens is 4. The second kappa shape index (κ2) is 9.42. The molecule has 4 rings (SSSR count). The highest BCUT2D eigenvalue weighted by Crippen LogP contribution is 2.55. The molecule has 30 heavy (non-hydrogen) atoms. The summed E-state index contributed by atoms with van der Waals surface area (Å²) in [5.41, 5.74) is 0. The number of hydrogen-bond acceptors (Lipinski definition) is 5. The van der Waals surface area contributed by atoms with Gasteiger partial charge in [-0.2, -0.15) is 5.21 Å². The van der Waals surface area contributed by atoms with E-state index in [2.05, 4.69) is 57.0 Å². The van der Waals surface area contributed by atoms with Crippen LogP contribution in [0.3, 0.4) is 0 Å². The molecule has 0 fully saturated rings. The molecule has 0 bridgehead atoms. The smallest absolute Gasteiger partial charge is 0.345 e. The Morgan fingerprint density at radius 1 is 0.800 bits per heavy atom. The number of ether oxygens (including phenoxy) is 1. The topological polar surface area (TPSA) is 80.8 Å². The highest BCUT2D eigenvalue weighted by molar-refractivity contribution is 7.96. The lowest BCUT2D eigenvalue weighted by atomic mass is 10.4. The van der Waals surface area contributed by atoms with Crippen LogP contribution in [0, 0.1) is 0 Å². The van der Waals surface area contributed by atoms with Gasteiger partial charge in [-0.05, 0) is 36.4 Å². The number of carbonyl (C=O) groups excluding carboxylic acids is 1. The van der Waals surface area contributed by atoms with Gasteiger partial charge in [-0.15, -0.1) is 10.2 Å². The maximum Gasteiger partial charge on any atom is 0.345 e. The minimum absolute atomic E-state index is 0.219. The van der Waals surface area contributed by atoms with Crippen LogP contribution in [0.1, 0.15) is 5.82 Å². The van der Waals surface area contributed by atoms with E-state index < -0.39 is 7.26 Å². The molecule has 150 valence electrons. The van der Waals surface area contributed by atoms with Crippen molar-refractivity contribution in [3.05, 3.63) is 96.8 Å². The van der Waals surface area contributed by atoms with Gasteiger partial charge in [0.15, 0.2) is 12.0 Å². The zero-order valence-corrected chi connectivity index (χ0v) is 17.3. The Labute approximate surface area is 175 Å². The number of hydrogen-bond donors (Lipinski definition) is 1. The van der Waals surface area contributed by atoms with Crippen LogP contribution in [0.4, 0.5) is 0 Å². The van der Waals surface area contributed by atoms with Crippen LogP contribution in [-0.4, -0.2) is 39.4 Å². The molecule has 4 aromatic rings. The summed E-state index contributed by atoms with van der Waals surface area (Å²) < 4.78 is 5.60. The molecule has 6 nitrogen and oxygen atoms in total. The van der Waals surface area contributed by atoms with E-state index in [1.165, 1.54) is 0 Å². The van der Waals surface area contributed by atoms with E-state index in [1.807, 2.05) is 54.6 Å².